The van der Waals surface area contributed by atoms with Gasteiger partial charge in [-0.25, -0.2) is 0 Å². The standard InChI is InChI=1S/C10H17F3N2/c11-10(12,13)9-2-1-7-15(9)8-3-5-14-6-4-8/h8-9,14H,1-7H2/t9-/m1/s1. The maximum atomic E-state index is 12.7. The van der Waals surface area contributed by atoms with Gasteiger partial charge in [0, 0.05) is 6.04 Å². The summed E-state index contributed by atoms with van der Waals surface area (Å²) in [6.07, 6.45) is -1.36. The van der Waals surface area contributed by atoms with Gasteiger partial charge < -0.3 is 5.32 Å². The molecular weight excluding hydrogens is 205 g/mol. The van der Waals surface area contributed by atoms with Crippen molar-refractivity contribution in [2.45, 2.75) is 43.9 Å². The third-order valence-corrected chi connectivity index (χ3v) is 3.45. The Balaban J connectivity index is 2.00. The van der Waals surface area contributed by atoms with Crippen LogP contribution in [0.2, 0.25) is 0 Å². The number of hydrogen-bond donors (Lipinski definition) is 1. The number of nitrogens with one attached hydrogen (secondary N) is 1. The molecule has 2 aliphatic heterocycles. The smallest absolute Gasteiger partial charge is 0.317 e. The van der Waals surface area contributed by atoms with E-state index in [-0.39, 0.29) is 12.5 Å². The van der Waals surface area contributed by atoms with Crippen molar-refractivity contribution in [3.05, 3.63) is 0 Å². The van der Waals surface area contributed by atoms with Crippen molar-refractivity contribution in [1.29, 1.82) is 0 Å². The average Bonchev–Trinajstić information content (AvgIpc) is 2.67. The Morgan fingerprint density at radius 1 is 1.07 bits per heavy atom. The Bertz CT molecular complexity index is 211. The number of rotatable bonds is 1. The summed E-state index contributed by atoms with van der Waals surface area (Å²) in [5.74, 6) is 0. The lowest BCUT2D eigenvalue weighted by Gasteiger charge is -2.36. The fourth-order valence-electron chi connectivity index (χ4n) is 2.72. The Morgan fingerprint density at radius 3 is 2.33 bits per heavy atom. The Morgan fingerprint density at radius 2 is 1.73 bits per heavy atom. The van der Waals surface area contributed by atoms with Crippen molar-refractivity contribution < 1.29 is 13.2 Å². The van der Waals surface area contributed by atoms with E-state index in [0.717, 1.165) is 25.9 Å². The Kier molecular flexibility index (Phi) is 3.21. The molecule has 0 aromatic carbocycles. The van der Waals surface area contributed by atoms with Crippen LogP contribution in [0.15, 0.2) is 0 Å². The minimum atomic E-state index is -4.04. The zero-order valence-corrected chi connectivity index (χ0v) is 8.69. The summed E-state index contributed by atoms with van der Waals surface area (Å²) in [6, 6.07) is -1.04. The van der Waals surface area contributed by atoms with Crippen molar-refractivity contribution in [2.24, 2.45) is 0 Å². The lowest BCUT2D eigenvalue weighted by molar-refractivity contribution is -0.182. The number of likely N-dealkylation sites (tertiary alicyclic amines) is 1. The molecule has 0 saturated carbocycles. The second-order valence-electron chi connectivity index (χ2n) is 4.42. The largest absolute Gasteiger partial charge is 0.404 e. The van der Waals surface area contributed by atoms with Gasteiger partial charge in [0.25, 0.3) is 0 Å². The van der Waals surface area contributed by atoms with Crippen molar-refractivity contribution >= 4 is 0 Å². The van der Waals surface area contributed by atoms with Gasteiger partial charge in [-0.05, 0) is 45.3 Å². The minimum absolute atomic E-state index is 0.139. The fourth-order valence-corrected chi connectivity index (χ4v) is 2.72. The van der Waals surface area contributed by atoms with E-state index in [1.54, 1.807) is 4.90 Å². The first-order chi connectivity index (χ1) is 7.09. The first-order valence-corrected chi connectivity index (χ1v) is 5.62. The molecular formula is C10H17F3N2. The van der Waals surface area contributed by atoms with Crippen LogP contribution in [-0.4, -0.2) is 42.8 Å². The number of piperidine rings is 1. The van der Waals surface area contributed by atoms with Gasteiger partial charge >= 0.3 is 6.18 Å². The predicted molar refractivity (Wildman–Crippen MR) is 51.7 cm³/mol. The molecule has 2 saturated heterocycles. The summed E-state index contributed by atoms with van der Waals surface area (Å²) >= 11 is 0. The molecule has 15 heavy (non-hydrogen) atoms. The van der Waals surface area contributed by atoms with Crippen LogP contribution < -0.4 is 5.32 Å². The lowest BCUT2D eigenvalue weighted by Crippen LogP contribution is -2.50. The highest BCUT2D eigenvalue weighted by atomic mass is 19.4. The third-order valence-electron chi connectivity index (χ3n) is 3.45. The maximum Gasteiger partial charge on any atom is 0.404 e. The van der Waals surface area contributed by atoms with Crippen LogP contribution in [0.25, 0.3) is 0 Å². The molecule has 2 aliphatic rings. The highest BCUT2D eigenvalue weighted by molar-refractivity contribution is 4.90. The molecule has 2 rings (SSSR count). The molecule has 0 amide bonds. The van der Waals surface area contributed by atoms with Gasteiger partial charge in [0.15, 0.2) is 0 Å². The quantitative estimate of drug-likeness (QED) is 0.727. The lowest BCUT2D eigenvalue weighted by atomic mass is 10.0. The van der Waals surface area contributed by atoms with Gasteiger partial charge in [0.05, 0.1) is 0 Å². The summed E-state index contributed by atoms with van der Waals surface area (Å²) in [6.45, 7) is 2.33. The molecule has 0 spiro atoms. The summed E-state index contributed by atoms with van der Waals surface area (Å²) in [7, 11) is 0. The van der Waals surface area contributed by atoms with Crippen LogP contribution >= 0.6 is 0 Å². The molecule has 0 unspecified atom stereocenters. The number of nitrogens with zero attached hydrogens (tertiary/aromatic N) is 1. The molecule has 0 aliphatic carbocycles. The molecule has 2 fully saturated rings. The third kappa shape index (κ3) is 2.45. The highest BCUT2D eigenvalue weighted by Gasteiger charge is 2.47. The minimum Gasteiger partial charge on any atom is -0.317 e. The van der Waals surface area contributed by atoms with Gasteiger partial charge in [-0.3, -0.25) is 4.90 Å². The van der Waals surface area contributed by atoms with Crippen LogP contribution in [0.1, 0.15) is 25.7 Å². The molecule has 88 valence electrons. The van der Waals surface area contributed by atoms with E-state index >= 15 is 0 Å². The van der Waals surface area contributed by atoms with E-state index in [4.69, 9.17) is 0 Å². The summed E-state index contributed by atoms with van der Waals surface area (Å²) in [5.41, 5.74) is 0. The summed E-state index contributed by atoms with van der Waals surface area (Å²) in [5, 5.41) is 3.18. The van der Waals surface area contributed by atoms with E-state index in [2.05, 4.69) is 5.32 Å². The number of halogens is 3. The van der Waals surface area contributed by atoms with E-state index in [9.17, 15) is 13.2 Å². The van der Waals surface area contributed by atoms with Gasteiger partial charge in [0.1, 0.15) is 6.04 Å². The van der Waals surface area contributed by atoms with E-state index < -0.39 is 12.2 Å². The topological polar surface area (TPSA) is 15.3 Å². The monoisotopic (exact) mass is 222 g/mol. The van der Waals surface area contributed by atoms with Crippen molar-refractivity contribution in [1.82, 2.24) is 10.2 Å². The molecule has 0 aromatic heterocycles. The van der Waals surface area contributed by atoms with Crippen LogP contribution in [0.4, 0.5) is 13.2 Å². The molecule has 1 N–H and O–H groups in total. The van der Waals surface area contributed by atoms with Crippen molar-refractivity contribution in [3.63, 3.8) is 0 Å². The molecule has 5 heteroatoms. The van der Waals surface area contributed by atoms with Gasteiger partial charge in [-0.15, -0.1) is 0 Å². The molecule has 0 radical (unpaired) electrons. The Hall–Kier alpha value is -0.290. The molecule has 2 nitrogen and oxygen atoms in total. The van der Waals surface area contributed by atoms with Crippen LogP contribution in [0.5, 0.6) is 0 Å². The van der Waals surface area contributed by atoms with Gasteiger partial charge in [-0.2, -0.15) is 13.2 Å². The SMILES string of the molecule is FC(F)(F)[C@H]1CCCN1C1CCNCC1. The first kappa shape index (κ1) is 11.2. The van der Waals surface area contributed by atoms with Crippen LogP contribution in [0.3, 0.4) is 0 Å². The Labute approximate surface area is 87.8 Å². The maximum absolute atomic E-state index is 12.7. The van der Waals surface area contributed by atoms with Crippen molar-refractivity contribution in [3.8, 4) is 0 Å². The molecule has 0 aromatic rings. The van der Waals surface area contributed by atoms with Gasteiger partial charge in [0.2, 0.25) is 0 Å². The normalized spacial score (nSPS) is 31.0. The average molecular weight is 222 g/mol. The van der Waals surface area contributed by atoms with Crippen LogP contribution in [0, 0.1) is 0 Å². The summed E-state index contributed by atoms with van der Waals surface area (Å²) in [4.78, 5) is 1.68. The summed E-state index contributed by atoms with van der Waals surface area (Å²) < 4.78 is 38.1. The highest BCUT2D eigenvalue weighted by Crippen LogP contribution is 2.35. The predicted octanol–water partition coefficient (Wildman–Crippen LogP) is 1.77. The first-order valence-electron chi connectivity index (χ1n) is 5.62. The van der Waals surface area contributed by atoms with E-state index in [1.807, 2.05) is 0 Å². The molecule has 1 atom stereocenters. The zero-order valence-electron chi connectivity index (χ0n) is 8.69. The number of alkyl halides is 3. The number of hydrogen-bond acceptors (Lipinski definition) is 2. The molecule has 2 heterocycles. The van der Waals surface area contributed by atoms with Gasteiger partial charge in [-0.1, -0.05) is 0 Å². The second kappa shape index (κ2) is 4.29. The van der Waals surface area contributed by atoms with E-state index in [1.165, 1.54) is 0 Å². The van der Waals surface area contributed by atoms with E-state index in [0.29, 0.717) is 13.0 Å². The fraction of sp³-hybridized carbons (Fsp3) is 1.00. The van der Waals surface area contributed by atoms with Crippen molar-refractivity contribution in [2.75, 3.05) is 19.6 Å². The second-order valence-corrected chi connectivity index (χ2v) is 4.42. The zero-order chi connectivity index (χ0) is 10.9. The van der Waals surface area contributed by atoms with Crippen LogP contribution in [-0.2, 0) is 0 Å². The molecule has 0 bridgehead atoms.